The molecule has 3 aromatic carbocycles. The number of unbranched alkanes of at least 4 members (excludes halogenated alkanes) is 1. The summed E-state index contributed by atoms with van der Waals surface area (Å²) in [6.07, 6.45) is 5.55. The smallest absolute Gasteiger partial charge is 0.305 e. The predicted molar refractivity (Wildman–Crippen MR) is 175 cm³/mol. The molecule has 0 aliphatic rings. The van der Waals surface area contributed by atoms with Crippen LogP contribution in [0.15, 0.2) is 64.8 Å². The molecule has 0 aliphatic heterocycles. The van der Waals surface area contributed by atoms with Crippen LogP contribution in [0.1, 0.15) is 76.0 Å². The van der Waals surface area contributed by atoms with Crippen molar-refractivity contribution in [2.75, 3.05) is 31.7 Å². The van der Waals surface area contributed by atoms with Gasteiger partial charge in [0.25, 0.3) is 0 Å². The molecular weight excluding hydrogens is 550 g/mol. The largest absolute Gasteiger partial charge is 0.495 e. The zero-order valence-corrected chi connectivity index (χ0v) is 26.6. The second-order valence-electron chi connectivity index (χ2n) is 10.8. The van der Waals surface area contributed by atoms with Crippen LogP contribution in [0.3, 0.4) is 0 Å². The summed E-state index contributed by atoms with van der Waals surface area (Å²) in [5, 5.41) is 28.7. The van der Waals surface area contributed by atoms with E-state index in [9.17, 15) is 15.3 Å². The molecule has 0 saturated heterocycles. The van der Waals surface area contributed by atoms with Gasteiger partial charge in [-0.25, -0.2) is 0 Å². The molecule has 0 aliphatic carbocycles. The molecule has 0 saturated carbocycles. The summed E-state index contributed by atoms with van der Waals surface area (Å²) in [5.74, 6) is 0.968. The Hall–Kier alpha value is -4.69. The predicted octanol–water partition coefficient (Wildman–Crippen LogP) is 9.20. The summed E-state index contributed by atoms with van der Waals surface area (Å²) in [4.78, 5) is 14.4. The molecule has 0 N–H and O–H groups in total. The number of hydrogen-bond acceptors (Lipinski definition) is 8. The SMILES string of the molecule is CCCCC(CC)CN(CCCC(=O)OCC)c1cc(C)c(N=Nc2c(C#N)cc(-c3ccccc3)cc2C#N)cc1OC. The maximum absolute atomic E-state index is 12.0. The Morgan fingerprint density at radius 2 is 1.66 bits per heavy atom. The van der Waals surface area contributed by atoms with Crippen molar-refractivity contribution in [2.24, 2.45) is 16.1 Å². The molecule has 0 fully saturated rings. The van der Waals surface area contributed by atoms with E-state index in [1.165, 1.54) is 6.42 Å². The van der Waals surface area contributed by atoms with Gasteiger partial charge in [-0.3, -0.25) is 4.79 Å². The standard InChI is InChI=1S/C36H43N5O3/c1-6-9-14-27(7-2)25-41(18-13-17-35(42)44-8-3)33-19-26(4)32(22-34(33)43-5)39-40-36-30(23-37)20-29(21-31(36)24-38)28-15-11-10-12-16-28/h10-12,15-16,19-22,27H,6-9,13-14,17-18,25H2,1-5H3. The molecule has 3 rings (SSSR count). The van der Waals surface area contributed by atoms with Gasteiger partial charge in [0.2, 0.25) is 0 Å². The Balaban J connectivity index is 1.97. The Morgan fingerprint density at radius 3 is 2.25 bits per heavy atom. The molecule has 0 aromatic heterocycles. The summed E-state index contributed by atoms with van der Waals surface area (Å²) < 4.78 is 11.0. The zero-order chi connectivity index (χ0) is 31.9. The number of anilines is 1. The summed E-state index contributed by atoms with van der Waals surface area (Å²) in [6, 6.07) is 21.3. The first-order valence-electron chi connectivity index (χ1n) is 15.4. The molecule has 230 valence electrons. The van der Waals surface area contributed by atoms with Crippen molar-refractivity contribution in [3.05, 3.63) is 71.3 Å². The molecule has 0 heterocycles. The highest BCUT2D eigenvalue weighted by molar-refractivity contribution is 5.75. The van der Waals surface area contributed by atoms with Gasteiger partial charge in [0.05, 0.1) is 36.2 Å². The number of carbonyl (C=O) groups is 1. The molecule has 1 unspecified atom stereocenters. The highest BCUT2D eigenvalue weighted by Crippen LogP contribution is 2.38. The summed E-state index contributed by atoms with van der Waals surface area (Å²) in [5.41, 5.74) is 4.86. The van der Waals surface area contributed by atoms with Crippen LogP contribution in [0.5, 0.6) is 5.75 Å². The summed E-state index contributed by atoms with van der Waals surface area (Å²) in [7, 11) is 1.63. The third kappa shape index (κ3) is 9.15. The highest BCUT2D eigenvalue weighted by atomic mass is 16.5. The van der Waals surface area contributed by atoms with Crippen LogP contribution in [0, 0.1) is 35.5 Å². The summed E-state index contributed by atoms with van der Waals surface area (Å²) in [6.45, 7) is 10.1. The van der Waals surface area contributed by atoms with Crippen LogP contribution in [0.4, 0.5) is 17.1 Å². The molecular formula is C36H43N5O3. The second kappa shape index (κ2) is 17.4. The van der Waals surface area contributed by atoms with Crippen molar-refractivity contribution in [3.8, 4) is 29.0 Å². The van der Waals surface area contributed by atoms with E-state index in [0.717, 1.165) is 48.2 Å². The Labute approximate surface area is 261 Å². The topological polar surface area (TPSA) is 111 Å². The number of nitriles is 2. The molecule has 3 aromatic rings. The number of methoxy groups -OCH3 is 1. The lowest BCUT2D eigenvalue weighted by Crippen LogP contribution is -2.31. The maximum atomic E-state index is 12.0. The van der Waals surface area contributed by atoms with Gasteiger partial charge in [0.1, 0.15) is 23.6 Å². The lowest BCUT2D eigenvalue weighted by atomic mass is 9.98. The highest BCUT2D eigenvalue weighted by Gasteiger charge is 2.20. The minimum Gasteiger partial charge on any atom is -0.495 e. The number of ether oxygens (including phenoxy) is 2. The van der Waals surface area contributed by atoms with Crippen LogP contribution in [0.2, 0.25) is 0 Å². The molecule has 44 heavy (non-hydrogen) atoms. The first-order valence-corrected chi connectivity index (χ1v) is 15.4. The number of esters is 1. The van der Waals surface area contributed by atoms with E-state index < -0.39 is 0 Å². The van der Waals surface area contributed by atoms with E-state index in [2.05, 4.69) is 41.1 Å². The van der Waals surface area contributed by atoms with Gasteiger partial charge in [-0.15, -0.1) is 5.11 Å². The van der Waals surface area contributed by atoms with Gasteiger partial charge >= 0.3 is 5.97 Å². The van der Waals surface area contributed by atoms with Crippen molar-refractivity contribution in [1.82, 2.24) is 0 Å². The van der Waals surface area contributed by atoms with Crippen molar-refractivity contribution in [2.45, 2.75) is 66.2 Å². The average molecular weight is 594 g/mol. The average Bonchev–Trinajstić information content (AvgIpc) is 3.05. The van der Waals surface area contributed by atoms with Gasteiger partial charge in [0, 0.05) is 25.6 Å². The number of rotatable bonds is 16. The zero-order valence-electron chi connectivity index (χ0n) is 26.6. The number of benzene rings is 3. The molecule has 1 atom stereocenters. The van der Waals surface area contributed by atoms with Gasteiger partial charge in [-0.2, -0.15) is 15.6 Å². The van der Waals surface area contributed by atoms with Crippen molar-refractivity contribution in [1.29, 1.82) is 10.5 Å². The lowest BCUT2D eigenvalue weighted by molar-refractivity contribution is -0.143. The first-order chi connectivity index (χ1) is 21.4. The van der Waals surface area contributed by atoms with Crippen molar-refractivity contribution in [3.63, 3.8) is 0 Å². The fraction of sp³-hybridized carbons (Fsp3) is 0.417. The van der Waals surface area contributed by atoms with Crippen LogP contribution in [0.25, 0.3) is 11.1 Å². The third-order valence-electron chi connectivity index (χ3n) is 7.69. The van der Waals surface area contributed by atoms with E-state index in [0.29, 0.717) is 43.3 Å². The normalized spacial score (nSPS) is 11.5. The third-order valence-corrected chi connectivity index (χ3v) is 7.69. The molecule has 8 heteroatoms. The number of nitrogens with zero attached hydrogens (tertiary/aromatic N) is 5. The molecule has 8 nitrogen and oxygen atoms in total. The lowest BCUT2D eigenvalue weighted by Gasteiger charge is -2.31. The number of aryl methyl sites for hydroxylation is 1. The van der Waals surface area contributed by atoms with Crippen molar-refractivity contribution >= 4 is 23.0 Å². The molecule has 0 amide bonds. The Kier molecular flexibility index (Phi) is 13.4. The quantitative estimate of drug-likeness (QED) is 0.121. The fourth-order valence-corrected chi connectivity index (χ4v) is 5.18. The number of carbonyl (C=O) groups excluding carboxylic acids is 1. The van der Waals surface area contributed by atoms with E-state index in [4.69, 9.17) is 9.47 Å². The molecule has 0 spiro atoms. The number of hydrogen-bond donors (Lipinski definition) is 0. The molecule has 0 bridgehead atoms. The van der Waals surface area contributed by atoms with E-state index in [1.807, 2.05) is 56.3 Å². The van der Waals surface area contributed by atoms with Crippen LogP contribution in [-0.2, 0) is 9.53 Å². The van der Waals surface area contributed by atoms with Crippen LogP contribution >= 0.6 is 0 Å². The van der Waals surface area contributed by atoms with Gasteiger partial charge in [0.15, 0.2) is 0 Å². The number of azo groups is 1. The van der Waals surface area contributed by atoms with Crippen LogP contribution < -0.4 is 9.64 Å². The first kappa shape index (κ1) is 33.8. The van der Waals surface area contributed by atoms with Gasteiger partial charge in [-0.05, 0) is 67.5 Å². The van der Waals surface area contributed by atoms with Gasteiger partial charge in [-0.1, -0.05) is 63.4 Å². The van der Waals surface area contributed by atoms with Crippen LogP contribution in [-0.4, -0.2) is 32.8 Å². The van der Waals surface area contributed by atoms with Gasteiger partial charge < -0.3 is 14.4 Å². The minimum absolute atomic E-state index is 0.186. The molecule has 0 radical (unpaired) electrons. The van der Waals surface area contributed by atoms with Crippen molar-refractivity contribution < 1.29 is 14.3 Å². The fourth-order valence-electron chi connectivity index (χ4n) is 5.18. The minimum atomic E-state index is -0.186. The van der Waals surface area contributed by atoms with E-state index >= 15 is 0 Å². The second-order valence-corrected chi connectivity index (χ2v) is 10.8. The maximum Gasteiger partial charge on any atom is 0.305 e. The van der Waals surface area contributed by atoms with E-state index in [-0.39, 0.29) is 22.8 Å². The monoisotopic (exact) mass is 593 g/mol. The Morgan fingerprint density at radius 1 is 0.955 bits per heavy atom. The Bertz CT molecular complexity index is 1470. The summed E-state index contributed by atoms with van der Waals surface area (Å²) >= 11 is 0. The van der Waals surface area contributed by atoms with E-state index in [1.54, 1.807) is 19.2 Å².